The minimum absolute atomic E-state index is 0.0571. The first-order chi connectivity index (χ1) is 11.2. The van der Waals surface area contributed by atoms with Gasteiger partial charge >= 0.3 is 5.97 Å². The van der Waals surface area contributed by atoms with Crippen LogP contribution in [-0.4, -0.2) is 50.2 Å². The summed E-state index contributed by atoms with van der Waals surface area (Å²) in [6, 6.07) is 0.539. The van der Waals surface area contributed by atoms with Crippen LogP contribution in [0.5, 0.6) is 0 Å². The average molecular weight is 325 g/mol. The Bertz CT molecular complexity index is 342. The quantitative estimate of drug-likeness (QED) is 0.696. The summed E-state index contributed by atoms with van der Waals surface area (Å²) < 4.78 is 4.88. The van der Waals surface area contributed by atoms with Gasteiger partial charge in [0.15, 0.2) is 0 Å². The minimum Gasteiger partial charge on any atom is -0.469 e. The molecule has 1 N–H and O–H groups in total. The van der Waals surface area contributed by atoms with Crippen molar-refractivity contribution in [3.05, 3.63) is 0 Å². The number of hydrogen-bond acceptors (Lipinski definition) is 4. The summed E-state index contributed by atoms with van der Waals surface area (Å²) in [6.07, 6.45) is 11.2. The Labute approximate surface area is 142 Å². The van der Waals surface area contributed by atoms with E-state index in [1.54, 1.807) is 0 Å². The van der Waals surface area contributed by atoms with Gasteiger partial charge in [-0.2, -0.15) is 0 Å². The monoisotopic (exact) mass is 324 g/mol. The molecule has 0 bridgehead atoms. The van der Waals surface area contributed by atoms with Crippen molar-refractivity contribution in [3.8, 4) is 0 Å². The lowest BCUT2D eigenvalue weighted by atomic mass is 9.88. The van der Waals surface area contributed by atoms with Crippen molar-refractivity contribution in [2.45, 2.75) is 70.8 Å². The highest BCUT2D eigenvalue weighted by molar-refractivity contribution is 5.69. The van der Waals surface area contributed by atoms with Gasteiger partial charge in [0, 0.05) is 25.6 Å². The van der Waals surface area contributed by atoms with Crippen molar-refractivity contribution < 1.29 is 9.53 Å². The van der Waals surface area contributed by atoms with Gasteiger partial charge in [-0.05, 0) is 50.6 Å². The van der Waals surface area contributed by atoms with Gasteiger partial charge < -0.3 is 15.0 Å². The molecule has 1 saturated heterocycles. The Balaban J connectivity index is 1.81. The first-order valence-corrected chi connectivity index (χ1v) is 9.73. The van der Waals surface area contributed by atoms with Gasteiger partial charge in [0.1, 0.15) is 0 Å². The van der Waals surface area contributed by atoms with Crippen LogP contribution < -0.4 is 5.32 Å². The summed E-state index contributed by atoms with van der Waals surface area (Å²) in [7, 11) is 1.50. The second-order valence-electron chi connectivity index (χ2n) is 7.60. The lowest BCUT2D eigenvalue weighted by Gasteiger charge is -2.38. The largest absolute Gasteiger partial charge is 0.469 e. The van der Waals surface area contributed by atoms with Crippen molar-refractivity contribution in [2.24, 2.45) is 11.8 Å². The van der Waals surface area contributed by atoms with Gasteiger partial charge in [0.2, 0.25) is 0 Å². The standard InChI is InChI=1S/C19H36N2O2/c1-3-4-10-21-14-17(12-19(22)23-2)11-18(15-21)20-13-16-8-6-5-7-9-16/h16-18,20H,3-15H2,1-2H3. The third-order valence-corrected chi connectivity index (χ3v) is 5.54. The maximum Gasteiger partial charge on any atom is 0.305 e. The molecule has 2 fully saturated rings. The van der Waals surface area contributed by atoms with E-state index in [-0.39, 0.29) is 5.97 Å². The topological polar surface area (TPSA) is 41.6 Å². The Kier molecular flexibility index (Phi) is 8.38. The van der Waals surface area contributed by atoms with Crippen LogP contribution in [0.1, 0.15) is 64.7 Å². The Hall–Kier alpha value is -0.610. The van der Waals surface area contributed by atoms with Crippen LogP contribution in [0.25, 0.3) is 0 Å². The van der Waals surface area contributed by atoms with Gasteiger partial charge in [-0.1, -0.05) is 32.6 Å². The molecule has 2 rings (SSSR count). The minimum atomic E-state index is -0.0571. The van der Waals surface area contributed by atoms with E-state index < -0.39 is 0 Å². The van der Waals surface area contributed by atoms with E-state index in [4.69, 9.17) is 4.74 Å². The maximum atomic E-state index is 11.7. The molecular weight excluding hydrogens is 288 g/mol. The fourth-order valence-electron chi connectivity index (χ4n) is 4.21. The van der Waals surface area contributed by atoms with Crippen molar-refractivity contribution >= 4 is 5.97 Å². The normalized spacial score (nSPS) is 27.0. The molecule has 0 amide bonds. The number of ether oxygens (including phenoxy) is 1. The van der Waals surface area contributed by atoms with Crippen LogP contribution in [0.4, 0.5) is 0 Å². The number of rotatable bonds is 8. The predicted octanol–water partition coefficient (Wildman–Crippen LogP) is 3.21. The van der Waals surface area contributed by atoms with Gasteiger partial charge in [-0.15, -0.1) is 0 Å². The van der Waals surface area contributed by atoms with E-state index in [0.717, 1.165) is 38.5 Å². The molecule has 2 unspecified atom stereocenters. The van der Waals surface area contributed by atoms with Crippen molar-refractivity contribution in [3.63, 3.8) is 0 Å². The van der Waals surface area contributed by atoms with Crippen LogP contribution in [-0.2, 0) is 9.53 Å². The number of methoxy groups -OCH3 is 1. The van der Waals surface area contributed by atoms with Crippen LogP contribution in [0.15, 0.2) is 0 Å². The lowest BCUT2D eigenvalue weighted by molar-refractivity contribution is -0.142. The van der Waals surface area contributed by atoms with Gasteiger partial charge in [0.25, 0.3) is 0 Å². The van der Waals surface area contributed by atoms with Crippen LogP contribution in [0.2, 0.25) is 0 Å². The average Bonchev–Trinajstić information content (AvgIpc) is 2.59. The molecule has 2 aliphatic rings. The number of likely N-dealkylation sites (tertiary alicyclic amines) is 1. The molecule has 4 nitrogen and oxygen atoms in total. The number of carbonyl (C=O) groups is 1. The molecule has 0 aromatic rings. The molecule has 0 aromatic carbocycles. The third kappa shape index (κ3) is 6.80. The van der Waals surface area contributed by atoms with Crippen molar-refractivity contribution in [1.29, 1.82) is 0 Å². The van der Waals surface area contributed by atoms with Crippen LogP contribution >= 0.6 is 0 Å². The Morgan fingerprint density at radius 3 is 2.65 bits per heavy atom. The van der Waals surface area contributed by atoms with Crippen LogP contribution in [0, 0.1) is 11.8 Å². The Morgan fingerprint density at radius 1 is 1.17 bits per heavy atom. The second-order valence-corrected chi connectivity index (χ2v) is 7.60. The Morgan fingerprint density at radius 2 is 1.96 bits per heavy atom. The van der Waals surface area contributed by atoms with E-state index >= 15 is 0 Å². The number of nitrogens with zero attached hydrogens (tertiary/aromatic N) is 1. The zero-order chi connectivity index (χ0) is 16.5. The molecule has 2 atom stereocenters. The highest BCUT2D eigenvalue weighted by Gasteiger charge is 2.29. The summed E-state index contributed by atoms with van der Waals surface area (Å²) in [5, 5.41) is 3.83. The van der Waals surface area contributed by atoms with E-state index in [2.05, 4.69) is 17.1 Å². The van der Waals surface area contributed by atoms with Crippen LogP contribution in [0.3, 0.4) is 0 Å². The summed E-state index contributed by atoms with van der Waals surface area (Å²) in [6.45, 7) is 6.77. The third-order valence-electron chi connectivity index (χ3n) is 5.54. The lowest BCUT2D eigenvalue weighted by Crippen LogP contribution is -2.50. The summed E-state index contributed by atoms with van der Waals surface area (Å²) >= 11 is 0. The smallest absolute Gasteiger partial charge is 0.305 e. The zero-order valence-electron chi connectivity index (χ0n) is 15.2. The highest BCUT2D eigenvalue weighted by Crippen LogP contribution is 2.25. The molecule has 1 aliphatic carbocycles. The number of hydrogen-bond donors (Lipinski definition) is 1. The van der Waals surface area contributed by atoms with E-state index in [0.29, 0.717) is 18.4 Å². The number of carbonyl (C=O) groups excluding carboxylic acids is 1. The molecule has 23 heavy (non-hydrogen) atoms. The molecular formula is C19H36N2O2. The van der Waals surface area contributed by atoms with Gasteiger partial charge in [0.05, 0.1) is 7.11 Å². The fourth-order valence-corrected chi connectivity index (χ4v) is 4.21. The summed E-state index contributed by atoms with van der Waals surface area (Å²) in [4.78, 5) is 14.2. The predicted molar refractivity (Wildman–Crippen MR) is 94.5 cm³/mol. The second kappa shape index (κ2) is 10.3. The van der Waals surface area contributed by atoms with E-state index in [9.17, 15) is 4.79 Å². The molecule has 0 spiro atoms. The van der Waals surface area contributed by atoms with Crippen molar-refractivity contribution in [1.82, 2.24) is 10.2 Å². The first kappa shape index (κ1) is 18.7. The molecule has 0 aromatic heterocycles. The molecule has 1 saturated carbocycles. The highest BCUT2D eigenvalue weighted by atomic mass is 16.5. The molecule has 1 aliphatic heterocycles. The maximum absolute atomic E-state index is 11.7. The number of nitrogens with one attached hydrogen (secondary N) is 1. The fraction of sp³-hybridized carbons (Fsp3) is 0.947. The van der Waals surface area contributed by atoms with Gasteiger partial charge in [-0.25, -0.2) is 0 Å². The summed E-state index contributed by atoms with van der Waals surface area (Å²) in [5.41, 5.74) is 0. The number of unbranched alkanes of at least 4 members (excludes halogenated alkanes) is 1. The molecule has 4 heteroatoms. The van der Waals surface area contributed by atoms with E-state index in [1.165, 1.54) is 52.1 Å². The SMILES string of the molecule is CCCCN1CC(CC(=O)OC)CC(NCC2CCCCC2)C1. The molecule has 1 heterocycles. The van der Waals surface area contributed by atoms with E-state index in [1.807, 2.05) is 0 Å². The van der Waals surface area contributed by atoms with Crippen molar-refractivity contribution in [2.75, 3.05) is 33.3 Å². The summed E-state index contributed by atoms with van der Waals surface area (Å²) in [5.74, 6) is 1.25. The number of esters is 1. The molecule has 0 radical (unpaired) electrons. The van der Waals surface area contributed by atoms with Gasteiger partial charge in [-0.3, -0.25) is 4.79 Å². The molecule has 134 valence electrons. The first-order valence-electron chi connectivity index (χ1n) is 9.73. The number of piperidine rings is 1. The zero-order valence-corrected chi connectivity index (χ0v) is 15.2.